The van der Waals surface area contributed by atoms with Crippen LogP contribution in [0.1, 0.15) is 30.9 Å². The fraction of sp³-hybridized carbons (Fsp3) is 0.467. The first-order valence-electron chi connectivity index (χ1n) is 6.71. The number of nitrogens with one attached hydrogen (secondary N) is 1. The lowest BCUT2D eigenvalue weighted by Crippen LogP contribution is -2.39. The Morgan fingerprint density at radius 1 is 1.25 bits per heavy atom. The molecule has 110 valence electrons. The number of rotatable bonds is 7. The Labute approximate surface area is 120 Å². The van der Waals surface area contributed by atoms with Crippen molar-refractivity contribution in [1.82, 2.24) is 10.2 Å². The molecule has 1 rings (SSSR count). The summed E-state index contributed by atoms with van der Waals surface area (Å²) in [5.41, 5.74) is 7.42. The SMILES string of the molecule is CC(C)c1ccc(CN(C)CC(=O)NCC(N)=O)cc1. The summed E-state index contributed by atoms with van der Waals surface area (Å²) >= 11 is 0. The highest BCUT2D eigenvalue weighted by atomic mass is 16.2. The van der Waals surface area contributed by atoms with Gasteiger partial charge in [-0.1, -0.05) is 38.1 Å². The third kappa shape index (κ3) is 5.84. The van der Waals surface area contributed by atoms with Gasteiger partial charge in [0, 0.05) is 6.54 Å². The first kappa shape index (κ1) is 16.2. The van der Waals surface area contributed by atoms with Crippen molar-refractivity contribution in [3.63, 3.8) is 0 Å². The number of nitrogens with zero attached hydrogens (tertiary/aromatic N) is 1. The van der Waals surface area contributed by atoms with E-state index in [0.717, 1.165) is 5.56 Å². The van der Waals surface area contributed by atoms with Gasteiger partial charge in [-0.3, -0.25) is 14.5 Å². The molecule has 0 fully saturated rings. The van der Waals surface area contributed by atoms with Gasteiger partial charge in [-0.05, 0) is 24.1 Å². The normalized spacial score (nSPS) is 10.8. The first-order chi connectivity index (χ1) is 9.38. The summed E-state index contributed by atoms with van der Waals surface area (Å²) in [5.74, 6) is -0.225. The third-order valence-corrected chi connectivity index (χ3v) is 2.97. The van der Waals surface area contributed by atoms with Crippen molar-refractivity contribution < 1.29 is 9.59 Å². The van der Waals surface area contributed by atoms with Crippen LogP contribution >= 0.6 is 0 Å². The van der Waals surface area contributed by atoms with Gasteiger partial charge in [-0.15, -0.1) is 0 Å². The Morgan fingerprint density at radius 2 is 1.85 bits per heavy atom. The lowest BCUT2D eigenvalue weighted by atomic mass is 10.0. The average molecular weight is 277 g/mol. The molecule has 1 aromatic carbocycles. The molecule has 5 nitrogen and oxygen atoms in total. The van der Waals surface area contributed by atoms with Gasteiger partial charge >= 0.3 is 0 Å². The van der Waals surface area contributed by atoms with Gasteiger partial charge in [0.1, 0.15) is 0 Å². The summed E-state index contributed by atoms with van der Waals surface area (Å²) in [5, 5.41) is 2.47. The monoisotopic (exact) mass is 277 g/mol. The molecule has 2 amide bonds. The smallest absolute Gasteiger partial charge is 0.236 e. The minimum absolute atomic E-state index is 0.115. The summed E-state index contributed by atoms with van der Waals surface area (Å²) in [7, 11) is 1.86. The average Bonchev–Trinajstić information content (AvgIpc) is 2.36. The van der Waals surface area contributed by atoms with Gasteiger partial charge in [0.05, 0.1) is 13.1 Å². The minimum Gasteiger partial charge on any atom is -0.368 e. The lowest BCUT2D eigenvalue weighted by Gasteiger charge is -2.16. The summed E-state index contributed by atoms with van der Waals surface area (Å²) in [6, 6.07) is 8.38. The number of carbonyl (C=O) groups is 2. The topological polar surface area (TPSA) is 75.4 Å². The fourth-order valence-corrected chi connectivity index (χ4v) is 1.86. The predicted molar refractivity (Wildman–Crippen MR) is 79.1 cm³/mol. The standard InChI is InChI=1S/C15H23N3O2/c1-11(2)13-6-4-12(5-7-13)9-18(3)10-15(20)17-8-14(16)19/h4-7,11H,8-10H2,1-3H3,(H2,16,19)(H,17,20). The zero-order valence-electron chi connectivity index (χ0n) is 12.3. The predicted octanol–water partition coefficient (Wildman–Crippen LogP) is 0.843. The van der Waals surface area contributed by atoms with E-state index in [9.17, 15) is 9.59 Å². The van der Waals surface area contributed by atoms with Gasteiger partial charge in [-0.25, -0.2) is 0 Å². The molecule has 0 aromatic heterocycles. The Bertz CT molecular complexity index is 455. The highest BCUT2D eigenvalue weighted by Gasteiger charge is 2.08. The number of primary amides is 1. The second-order valence-electron chi connectivity index (χ2n) is 5.31. The van der Waals surface area contributed by atoms with E-state index in [1.165, 1.54) is 5.56 Å². The molecule has 3 N–H and O–H groups in total. The fourth-order valence-electron chi connectivity index (χ4n) is 1.86. The number of likely N-dealkylation sites (N-methyl/N-ethyl adjacent to an activating group) is 1. The maximum absolute atomic E-state index is 11.5. The Kier molecular flexibility index (Phi) is 6.18. The van der Waals surface area contributed by atoms with E-state index in [1.54, 1.807) is 0 Å². The number of nitrogens with two attached hydrogens (primary N) is 1. The minimum atomic E-state index is -0.537. The molecule has 0 saturated carbocycles. The number of carbonyl (C=O) groups excluding carboxylic acids is 2. The van der Waals surface area contributed by atoms with Gasteiger partial charge in [0.15, 0.2) is 0 Å². The largest absolute Gasteiger partial charge is 0.368 e. The Hall–Kier alpha value is -1.88. The second kappa shape index (κ2) is 7.65. The van der Waals surface area contributed by atoms with Gasteiger partial charge < -0.3 is 11.1 Å². The molecule has 0 spiro atoms. The molecule has 0 aliphatic heterocycles. The summed E-state index contributed by atoms with van der Waals surface area (Å²) in [4.78, 5) is 24.0. The quantitative estimate of drug-likeness (QED) is 0.775. The maximum Gasteiger partial charge on any atom is 0.236 e. The van der Waals surface area contributed by atoms with E-state index in [2.05, 4.69) is 43.4 Å². The van der Waals surface area contributed by atoms with Crippen LogP contribution in [0.4, 0.5) is 0 Å². The zero-order valence-corrected chi connectivity index (χ0v) is 12.3. The van der Waals surface area contributed by atoms with Crippen LogP contribution in [0, 0.1) is 0 Å². The molecule has 0 bridgehead atoms. The van der Waals surface area contributed by atoms with Crippen molar-refractivity contribution in [1.29, 1.82) is 0 Å². The van der Waals surface area contributed by atoms with Crippen LogP contribution in [-0.4, -0.2) is 36.9 Å². The zero-order chi connectivity index (χ0) is 15.1. The highest BCUT2D eigenvalue weighted by molar-refractivity contribution is 5.84. The van der Waals surface area contributed by atoms with Crippen molar-refractivity contribution in [3.05, 3.63) is 35.4 Å². The molecule has 0 aliphatic carbocycles. The van der Waals surface area contributed by atoms with Crippen molar-refractivity contribution >= 4 is 11.8 Å². The number of benzene rings is 1. The van der Waals surface area contributed by atoms with E-state index in [1.807, 2.05) is 11.9 Å². The molecule has 0 aliphatic rings. The van der Waals surface area contributed by atoms with Crippen LogP contribution in [0.25, 0.3) is 0 Å². The summed E-state index contributed by atoms with van der Waals surface area (Å²) in [6.45, 7) is 5.12. The molecule has 20 heavy (non-hydrogen) atoms. The molecule has 0 unspecified atom stereocenters. The Morgan fingerprint density at radius 3 is 2.35 bits per heavy atom. The van der Waals surface area contributed by atoms with E-state index in [4.69, 9.17) is 5.73 Å². The molecule has 0 heterocycles. The molecular weight excluding hydrogens is 254 g/mol. The summed E-state index contributed by atoms with van der Waals surface area (Å²) in [6.07, 6.45) is 0. The molecular formula is C15H23N3O2. The first-order valence-corrected chi connectivity index (χ1v) is 6.71. The van der Waals surface area contributed by atoms with E-state index >= 15 is 0 Å². The lowest BCUT2D eigenvalue weighted by molar-refractivity contribution is -0.125. The maximum atomic E-state index is 11.5. The van der Waals surface area contributed by atoms with Crippen molar-refractivity contribution in [2.75, 3.05) is 20.1 Å². The highest BCUT2D eigenvalue weighted by Crippen LogP contribution is 2.15. The molecule has 0 saturated heterocycles. The van der Waals surface area contributed by atoms with E-state index in [0.29, 0.717) is 12.5 Å². The Balaban J connectivity index is 2.43. The van der Waals surface area contributed by atoms with Gasteiger partial charge in [0.25, 0.3) is 0 Å². The van der Waals surface area contributed by atoms with Gasteiger partial charge in [0.2, 0.25) is 11.8 Å². The van der Waals surface area contributed by atoms with E-state index < -0.39 is 5.91 Å². The summed E-state index contributed by atoms with van der Waals surface area (Å²) < 4.78 is 0. The molecule has 0 radical (unpaired) electrons. The molecule has 0 atom stereocenters. The van der Waals surface area contributed by atoms with Crippen LogP contribution < -0.4 is 11.1 Å². The van der Waals surface area contributed by atoms with Crippen LogP contribution in [-0.2, 0) is 16.1 Å². The van der Waals surface area contributed by atoms with Crippen molar-refractivity contribution in [2.24, 2.45) is 5.73 Å². The third-order valence-electron chi connectivity index (χ3n) is 2.97. The van der Waals surface area contributed by atoms with Crippen molar-refractivity contribution in [2.45, 2.75) is 26.3 Å². The number of amides is 2. The van der Waals surface area contributed by atoms with Crippen LogP contribution in [0.5, 0.6) is 0 Å². The van der Waals surface area contributed by atoms with Crippen LogP contribution in [0.3, 0.4) is 0 Å². The van der Waals surface area contributed by atoms with Gasteiger partial charge in [-0.2, -0.15) is 0 Å². The van der Waals surface area contributed by atoms with E-state index in [-0.39, 0.29) is 19.0 Å². The molecule has 5 heteroatoms. The molecule has 1 aromatic rings. The second-order valence-corrected chi connectivity index (χ2v) is 5.31. The number of hydrogen-bond acceptors (Lipinski definition) is 3. The van der Waals surface area contributed by atoms with Crippen molar-refractivity contribution in [3.8, 4) is 0 Å². The number of hydrogen-bond donors (Lipinski definition) is 2. The van der Waals surface area contributed by atoms with Crippen LogP contribution in [0.15, 0.2) is 24.3 Å². The van der Waals surface area contributed by atoms with Crippen LogP contribution in [0.2, 0.25) is 0 Å².